The molecule has 1 heterocycles. The summed E-state index contributed by atoms with van der Waals surface area (Å²) in [4.78, 5) is 10.4. The van der Waals surface area contributed by atoms with Crippen LogP contribution in [0.2, 0.25) is 0 Å². The van der Waals surface area contributed by atoms with Crippen LogP contribution in [0.5, 0.6) is 0 Å². The second-order valence-corrected chi connectivity index (χ2v) is 2.86. The number of carbonyl (C=O) groups excluding carboxylic acids is 1. The van der Waals surface area contributed by atoms with Gasteiger partial charge in [0.05, 0.1) is 0 Å². The van der Waals surface area contributed by atoms with E-state index in [0.717, 1.165) is 0 Å². The Morgan fingerprint density at radius 1 is 1.29 bits per heavy atom. The SMILES string of the molecule is O=Cc1ccc2oc(C(F)F)cc2c1. The summed E-state index contributed by atoms with van der Waals surface area (Å²) in [6, 6.07) is 5.78. The number of hydrogen-bond acceptors (Lipinski definition) is 2. The van der Waals surface area contributed by atoms with E-state index in [2.05, 4.69) is 0 Å². The van der Waals surface area contributed by atoms with Crippen LogP contribution in [-0.4, -0.2) is 6.29 Å². The third-order valence-corrected chi connectivity index (χ3v) is 1.91. The van der Waals surface area contributed by atoms with E-state index in [0.29, 0.717) is 22.8 Å². The van der Waals surface area contributed by atoms with Crippen LogP contribution in [0.3, 0.4) is 0 Å². The van der Waals surface area contributed by atoms with E-state index in [1.165, 1.54) is 24.3 Å². The summed E-state index contributed by atoms with van der Waals surface area (Å²) in [5.41, 5.74) is 0.810. The summed E-state index contributed by atoms with van der Waals surface area (Å²) < 4.78 is 29.3. The molecule has 0 amide bonds. The lowest BCUT2D eigenvalue weighted by Crippen LogP contribution is -1.76. The molecule has 1 aromatic heterocycles. The van der Waals surface area contributed by atoms with E-state index in [4.69, 9.17) is 4.42 Å². The van der Waals surface area contributed by atoms with Crippen LogP contribution in [0.4, 0.5) is 8.78 Å². The average Bonchev–Trinajstić information content (AvgIpc) is 2.59. The predicted octanol–water partition coefficient (Wildman–Crippen LogP) is 3.18. The van der Waals surface area contributed by atoms with Crippen molar-refractivity contribution in [2.75, 3.05) is 0 Å². The molecule has 0 fully saturated rings. The minimum atomic E-state index is -2.62. The Morgan fingerprint density at radius 2 is 2.07 bits per heavy atom. The van der Waals surface area contributed by atoms with Gasteiger partial charge in [-0.05, 0) is 24.3 Å². The molecular weight excluding hydrogens is 190 g/mol. The fraction of sp³-hybridized carbons (Fsp3) is 0.100. The highest BCUT2D eigenvalue weighted by molar-refractivity contribution is 5.86. The van der Waals surface area contributed by atoms with Crippen LogP contribution in [0, 0.1) is 0 Å². The van der Waals surface area contributed by atoms with Crippen molar-refractivity contribution in [1.29, 1.82) is 0 Å². The first kappa shape index (κ1) is 8.87. The third kappa shape index (κ3) is 1.39. The van der Waals surface area contributed by atoms with Gasteiger partial charge in [-0.3, -0.25) is 4.79 Å². The fourth-order valence-corrected chi connectivity index (χ4v) is 1.26. The molecule has 1 aromatic carbocycles. The molecule has 4 heteroatoms. The van der Waals surface area contributed by atoms with Crippen LogP contribution < -0.4 is 0 Å². The standard InChI is InChI=1S/C10H6F2O2/c11-10(12)9-4-7-3-6(5-13)1-2-8(7)14-9/h1-5,10H. The quantitative estimate of drug-likeness (QED) is 0.690. The Labute approximate surface area is 78.1 Å². The first-order valence-corrected chi connectivity index (χ1v) is 3.97. The number of rotatable bonds is 2. The number of carbonyl (C=O) groups is 1. The number of furan rings is 1. The molecule has 0 saturated carbocycles. The lowest BCUT2D eigenvalue weighted by atomic mass is 10.2. The molecule has 0 aliphatic carbocycles. The van der Waals surface area contributed by atoms with Gasteiger partial charge in [0.1, 0.15) is 11.9 Å². The normalized spacial score (nSPS) is 11.1. The number of halogens is 2. The summed E-state index contributed by atoms with van der Waals surface area (Å²) in [7, 11) is 0. The summed E-state index contributed by atoms with van der Waals surface area (Å²) >= 11 is 0. The first-order valence-electron chi connectivity index (χ1n) is 3.97. The van der Waals surface area contributed by atoms with Crippen LogP contribution in [0.1, 0.15) is 22.5 Å². The first-order chi connectivity index (χ1) is 6.70. The maximum absolute atomic E-state index is 12.2. The van der Waals surface area contributed by atoms with Gasteiger partial charge in [0.25, 0.3) is 6.43 Å². The molecule has 2 nitrogen and oxygen atoms in total. The van der Waals surface area contributed by atoms with Crippen LogP contribution >= 0.6 is 0 Å². The summed E-state index contributed by atoms with van der Waals surface area (Å²) in [5.74, 6) is -0.372. The number of fused-ring (bicyclic) bond motifs is 1. The van der Waals surface area contributed by atoms with Gasteiger partial charge >= 0.3 is 0 Å². The van der Waals surface area contributed by atoms with Crippen molar-refractivity contribution in [2.45, 2.75) is 6.43 Å². The molecule has 0 radical (unpaired) electrons. The average molecular weight is 196 g/mol. The maximum atomic E-state index is 12.2. The number of aldehydes is 1. The Kier molecular flexibility index (Phi) is 2.04. The second-order valence-electron chi connectivity index (χ2n) is 2.86. The zero-order valence-electron chi connectivity index (χ0n) is 7.04. The molecule has 0 aliphatic heterocycles. The van der Waals surface area contributed by atoms with Crippen molar-refractivity contribution < 1.29 is 18.0 Å². The molecule has 72 valence electrons. The van der Waals surface area contributed by atoms with Crippen molar-refractivity contribution in [2.24, 2.45) is 0 Å². The van der Waals surface area contributed by atoms with Gasteiger partial charge in [-0.1, -0.05) is 0 Å². The Morgan fingerprint density at radius 3 is 2.71 bits per heavy atom. The molecule has 0 N–H and O–H groups in total. The van der Waals surface area contributed by atoms with Gasteiger partial charge in [0, 0.05) is 10.9 Å². The Bertz CT molecular complexity index is 474. The molecule has 0 atom stereocenters. The van der Waals surface area contributed by atoms with E-state index in [9.17, 15) is 13.6 Å². The summed E-state index contributed by atoms with van der Waals surface area (Å²) in [6.07, 6.45) is -1.96. The number of alkyl halides is 2. The van der Waals surface area contributed by atoms with Gasteiger partial charge in [0.2, 0.25) is 0 Å². The zero-order chi connectivity index (χ0) is 10.1. The van der Waals surface area contributed by atoms with Crippen molar-refractivity contribution in [3.63, 3.8) is 0 Å². The van der Waals surface area contributed by atoms with Gasteiger partial charge in [0.15, 0.2) is 5.76 Å². The highest BCUT2D eigenvalue weighted by Crippen LogP contribution is 2.27. The van der Waals surface area contributed by atoms with Crippen LogP contribution in [0.25, 0.3) is 11.0 Å². The van der Waals surface area contributed by atoms with Gasteiger partial charge in [-0.2, -0.15) is 0 Å². The van der Waals surface area contributed by atoms with E-state index in [1.807, 2.05) is 0 Å². The summed E-state index contributed by atoms with van der Waals surface area (Å²) in [5, 5.41) is 0.518. The molecule has 0 saturated heterocycles. The maximum Gasteiger partial charge on any atom is 0.295 e. The molecule has 2 rings (SSSR count). The minimum Gasteiger partial charge on any atom is -0.455 e. The molecule has 2 aromatic rings. The predicted molar refractivity (Wildman–Crippen MR) is 46.6 cm³/mol. The highest BCUT2D eigenvalue weighted by Gasteiger charge is 2.13. The van der Waals surface area contributed by atoms with Crippen molar-refractivity contribution in [3.05, 3.63) is 35.6 Å². The number of benzene rings is 1. The molecule has 0 unspecified atom stereocenters. The van der Waals surface area contributed by atoms with E-state index in [1.54, 1.807) is 0 Å². The minimum absolute atomic E-state index is 0.367. The Hall–Kier alpha value is -1.71. The van der Waals surface area contributed by atoms with Crippen molar-refractivity contribution in [1.82, 2.24) is 0 Å². The monoisotopic (exact) mass is 196 g/mol. The van der Waals surface area contributed by atoms with Crippen molar-refractivity contribution in [3.8, 4) is 0 Å². The molecule has 0 aliphatic rings. The van der Waals surface area contributed by atoms with Gasteiger partial charge in [-0.25, -0.2) is 8.78 Å². The van der Waals surface area contributed by atoms with E-state index >= 15 is 0 Å². The molecular formula is C10H6F2O2. The van der Waals surface area contributed by atoms with Gasteiger partial charge < -0.3 is 4.42 Å². The van der Waals surface area contributed by atoms with E-state index in [-0.39, 0.29) is 5.76 Å². The van der Waals surface area contributed by atoms with Crippen LogP contribution in [-0.2, 0) is 0 Å². The number of hydrogen-bond donors (Lipinski definition) is 0. The zero-order valence-corrected chi connectivity index (χ0v) is 7.04. The topological polar surface area (TPSA) is 30.2 Å². The van der Waals surface area contributed by atoms with Gasteiger partial charge in [-0.15, -0.1) is 0 Å². The highest BCUT2D eigenvalue weighted by atomic mass is 19.3. The lowest BCUT2D eigenvalue weighted by Gasteiger charge is -1.89. The second kappa shape index (κ2) is 3.21. The van der Waals surface area contributed by atoms with E-state index < -0.39 is 6.43 Å². The van der Waals surface area contributed by atoms with Crippen molar-refractivity contribution >= 4 is 17.3 Å². The largest absolute Gasteiger partial charge is 0.455 e. The fourth-order valence-electron chi connectivity index (χ4n) is 1.26. The third-order valence-electron chi connectivity index (χ3n) is 1.91. The lowest BCUT2D eigenvalue weighted by molar-refractivity contribution is 0.112. The molecule has 0 bridgehead atoms. The molecule has 14 heavy (non-hydrogen) atoms. The molecule has 0 spiro atoms. The van der Waals surface area contributed by atoms with Crippen LogP contribution in [0.15, 0.2) is 28.7 Å². The summed E-state index contributed by atoms with van der Waals surface area (Å²) in [6.45, 7) is 0. The Balaban J connectivity index is 2.59. The smallest absolute Gasteiger partial charge is 0.295 e.